The normalized spacial score (nSPS) is 28.9. The van der Waals surface area contributed by atoms with Gasteiger partial charge < -0.3 is 4.74 Å². The van der Waals surface area contributed by atoms with Gasteiger partial charge in [0.2, 0.25) is 0 Å². The summed E-state index contributed by atoms with van der Waals surface area (Å²) in [5.74, 6) is 0.807. The molecule has 1 aliphatic rings. The summed E-state index contributed by atoms with van der Waals surface area (Å²) in [7, 11) is 0. The molecule has 1 rings (SSSR count). The lowest BCUT2D eigenvalue weighted by atomic mass is 9.89. The molecule has 1 aliphatic heterocycles. The minimum atomic E-state index is -0.153. The van der Waals surface area contributed by atoms with Crippen LogP contribution in [0, 0.1) is 5.41 Å². The maximum atomic E-state index is 10.7. The Bertz CT molecular complexity index is 196. The summed E-state index contributed by atoms with van der Waals surface area (Å²) in [5, 5.41) is 0.622. The van der Waals surface area contributed by atoms with Gasteiger partial charge in [-0.25, -0.2) is 0 Å². The van der Waals surface area contributed by atoms with Crippen molar-refractivity contribution in [3.05, 3.63) is 0 Å². The molecular formula is C10H18O2S. The Morgan fingerprint density at radius 2 is 2.08 bits per heavy atom. The summed E-state index contributed by atoms with van der Waals surface area (Å²) >= 11 is 1.92. The molecule has 0 saturated carbocycles. The molecule has 76 valence electrons. The van der Waals surface area contributed by atoms with E-state index in [0.29, 0.717) is 10.7 Å². The van der Waals surface area contributed by atoms with E-state index >= 15 is 0 Å². The molecule has 2 nitrogen and oxygen atoms in total. The van der Waals surface area contributed by atoms with Gasteiger partial charge in [0, 0.05) is 17.9 Å². The topological polar surface area (TPSA) is 26.3 Å². The van der Waals surface area contributed by atoms with Crippen molar-refractivity contribution in [3.8, 4) is 0 Å². The number of esters is 1. The lowest BCUT2D eigenvalue weighted by Crippen LogP contribution is -2.23. The van der Waals surface area contributed by atoms with Gasteiger partial charge in [0.1, 0.15) is 6.10 Å². The highest BCUT2D eigenvalue weighted by atomic mass is 32.2. The van der Waals surface area contributed by atoms with Crippen LogP contribution >= 0.6 is 11.8 Å². The van der Waals surface area contributed by atoms with Crippen molar-refractivity contribution in [3.63, 3.8) is 0 Å². The molecule has 0 radical (unpaired) electrons. The summed E-state index contributed by atoms with van der Waals surface area (Å²) in [4.78, 5) is 10.7. The first-order valence-electron chi connectivity index (χ1n) is 4.68. The van der Waals surface area contributed by atoms with Gasteiger partial charge in [-0.3, -0.25) is 4.79 Å². The third-order valence-corrected chi connectivity index (χ3v) is 4.12. The standard InChI is InChI=1S/C10H18O2S/c1-7(11)12-8-5-9(13-6-8)10(2,3)4/h8-9H,5-6H2,1-4H3/t8-,9-/m1/s1. The smallest absolute Gasteiger partial charge is 0.302 e. The van der Waals surface area contributed by atoms with Gasteiger partial charge in [0.15, 0.2) is 0 Å². The van der Waals surface area contributed by atoms with Crippen molar-refractivity contribution in [2.45, 2.75) is 45.5 Å². The second kappa shape index (κ2) is 3.91. The predicted molar refractivity (Wildman–Crippen MR) is 55.9 cm³/mol. The highest BCUT2D eigenvalue weighted by molar-refractivity contribution is 8.00. The molecule has 0 aromatic carbocycles. The van der Waals surface area contributed by atoms with Crippen LogP contribution in [0.2, 0.25) is 0 Å². The van der Waals surface area contributed by atoms with Gasteiger partial charge in [-0.2, -0.15) is 11.8 Å². The summed E-state index contributed by atoms with van der Waals surface area (Å²) < 4.78 is 5.18. The number of thioether (sulfide) groups is 1. The molecule has 0 bridgehead atoms. The Morgan fingerprint density at radius 3 is 2.46 bits per heavy atom. The van der Waals surface area contributed by atoms with Crippen molar-refractivity contribution >= 4 is 17.7 Å². The van der Waals surface area contributed by atoms with Crippen molar-refractivity contribution in [2.24, 2.45) is 5.41 Å². The quantitative estimate of drug-likeness (QED) is 0.611. The molecule has 1 fully saturated rings. The van der Waals surface area contributed by atoms with Gasteiger partial charge >= 0.3 is 5.97 Å². The molecule has 0 aromatic rings. The first kappa shape index (κ1) is 10.9. The zero-order valence-electron chi connectivity index (χ0n) is 8.79. The Labute approximate surface area is 84.4 Å². The van der Waals surface area contributed by atoms with E-state index in [-0.39, 0.29) is 12.1 Å². The van der Waals surface area contributed by atoms with E-state index < -0.39 is 0 Å². The van der Waals surface area contributed by atoms with E-state index in [1.165, 1.54) is 6.92 Å². The van der Waals surface area contributed by atoms with E-state index in [2.05, 4.69) is 20.8 Å². The molecule has 13 heavy (non-hydrogen) atoms. The van der Waals surface area contributed by atoms with E-state index in [4.69, 9.17) is 4.74 Å². The van der Waals surface area contributed by atoms with Crippen LogP contribution in [0.5, 0.6) is 0 Å². The molecule has 3 heteroatoms. The second-order valence-electron chi connectivity index (χ2n) is 4.66. The molecule has 0 N–H and O–H groups in total. The van der Waals surface area contributed by atoms with Crippen LogP contribution in [0.25, 0.3) is 0 Å². The van der Waals surface area contributed by atoms with Crippen LogP contribution in [0.4, 0.5) is 0 Å². The third-order valence-electron chi connectivity index (χ3n) is 2.26. The number of carbonyl (C=O) groups is 1. The summed E-state index contributed by atoms with van der Waals surface area (Å²) in [6.07, 6.45) is 1.15. The highest BCUT2D eigenvalue weighted by Crippen LogP contribution is 2.40. The molecule has 0 amide bonds. The maximum Gasteiger partial charge on any atom is 0.302 e. The van der Waals surface area contributed by atoms with Gasteiger partial charge in [-0.15, -0.1) is 0 Å². The number of hydrogen-bond donors (Lipinski definition) is 0. The Balaban J connectivity index is 2.41. The molecule has 0 aliphatic carbocycles. The third kappa shape index (κ3) is 3.22. The summed E-state index contributed by atoms with van der Waals surface area (Å²) in [5.41, 5.74) is 0.319. The fourth-order valence-electron chi connectivity index (χ4n) is 1.52. The van der Waals surface area contributed by atoms with Gasteiger partial charge in [-0.05, 0) is 11.8 Å². The van der Waals surface area contributed by atoms with Crippen LogP contribution in [-0.4, -0.2) is 23.1 Å². The van der Waals surface area contributed by atoms with Crippen molar-refractivity contribution in [2.75, 3.05) is 5.75 Å². The molecular weight excluding hydrogens is 184 g/mol. The van der Waals surface area contributed by atoms with Crippen LogP contribution < -0.4 is 0 Å². The van der Waals surface area contributed by atoms with Crippen LogP contribution in [0.3, 0.4) is 0 Å². The lowest BCUT2D eigenvalue weighted by Gasteiger charge is -2.25. The average Bonchev–Trinajstić information content (AvgIpc) is 2.32. The second-order valence-corrected chi connectivity index (χ2v) is 5.89. The fourth-order valence-corrected chi connectivity index (χ4v) is 3.02. The molecule has 1 saturated heterocycles. The average molecular weight is 202 g/mol. The molecule has 1 heterocycles. The van der Waals surface area contributed by atoms with E-state index in [9.17, 15) is 4.79 Å². The lowest BCUT2D eigenvalue weighted by molar-refractivity contribution is -0.145. The molecule has 0 unspecified atom stereocenters. The molecule has 2 atom stereocenters. The van der Waals surface area contributed by atoms with Crippen LogP contribution in [0.15, 0.2) is 0 Å². The first-order valence-corrected chi connectivity index (χ1v) is 5.73. The van der Waals surface area contributed by atoms with Crippen molar-refractivity contribution in [1.82, 2.24) is 0 Å². The minimum absolute atomic E-state index is 0.145. The molecule has 0 spiro atoms. The van der Waals surface area contributed by atoms with E-state index in [0.717, 1.165) is 12.2 Å². The van der Waals surface area contributed by atoms with Crippen molar-refractivity contribution in [1.29, 1.82) is 0 Å². The summed E-state index contributed by atoms with van der Waals surface area (Å²) in [6, 6.07) is 0. The van der Waals surface area contributed by atoms with Gasteiger partial charge in [0.05, 0.1) is 0 Å². The van der Waals surface area contributed by atoms with Crippen LogP contribution in [0.1, 0.15) is 34.1 Å². The minimum Gasteiger partial charge on any atom is -0.462 e. The first-order chi connectivity index (χ1) is 5.89. The summed E-state index contributed by atoms with van der Waals surface area (Å²) in [6.45, 7) is 8.19. The largest absolute Gasteiger partial charge is 0.462 e. The predicted octanol–water partition coefficient (Wildman–Crippen LogP) is 2.47. The number of rotatable bonds is 1. The van der Waals surface area contributed by atoms with E-state index in [1.54, 1.807) is 0 Å². The SMILES string of the molecule is CC(=O)O[C@H]1CS[C@@H](C(C)(C)C)C1. The fraction of sp³-hybridized carbons (Fsp3) is 0.900. The Morgan fingerprint density at radius 1 is 1.46 bits per heavy atom. The number of hydrogen-bond acceptors (Lipinski definition) is 3. The monoisotopic (exact) mass is 202 g/mol. The van der Waals surface area contributed by atoms with E-state index in [1.807, 2.05) is 11.8 Å². The Hall–Kier alpha value is -0.180. The zero-order valence-corrected chi connectivity index (χ0v) is 9.61. The number of ether oxygens (including phenoxy) is 1. The van der Waals surface area contributed by atoms with Gasteiger partial charge in [-0.1, -0.05) is 20.8 Å². The molecule has 0 aromatic heterocycles. The zero-order chi connectivity index (χ0) is 10.1. The van der Waals surface area contributed by atoms with Gasteiger partial charge in [0.25, 0.3) is 0 Å². The number of carbonyl (C=O) groups excluding carboxylic acids is 1. The van der Waals surface area contributed by atoms with Crippen molar-refractivity contribution < 1.29 is 9.53 Å². The highest BCUT2D eigenvalue weighted by Gasteiger charge is 2.34. The Kier molecular flexibility index (Phi) is 3.28. The maximum absolute atomic E-state index is 10.7. The van der Waals surface area contributed by atoms with Crippen LogP contribution in [-0.2, 0) is 9.53 Å².